The first-order chi connectivity index (χ1) is 8.77. The molecule has 94 valence electrons. The first kappa shape index (κ1) is 12.1. The van der Waals surface area contributed by atoms with Crippen LogP contribution in [-0.4, -0.2) is 33.5 Å². The van der Waals surface area contributed by atoms with Crippen molar-refractivity contribution in [2.75, 3.05) is 18.4 Å². The summed E-state index contributed by atoms with van der Waals surface area (Å²) in [6, 6.07) is 5.37. The van der Waals surface area contributed by atoms with Crippen LogP contribution in [0.4, 0.5) is 5.95 Å². The number of aromatic nitrogens is 3. The van der Waals surface area contributed by atoms with Crippen LogP contribution in [0.5, 0.6) is 0 Å². The van der Waals surface area contributed by atoms with Gasteiger partial charge in [0.05, 0.1) is 0 Å². The van der Waals surface area contributed by atoms with Gasteiger partial charge in [-0.15, -0.1) is 0 Å². The van der Waals surface area contributed by atoms with E-state index in [0.717, 1.165) is 0 Å². The van der Waals surface area contributed by atoms with Crippen LogP contribution in [0.15, 0.2) is 36.8 Å². The highest BCUT2D eigenvalue weighted by Crippen LogP contribution is 1.98. The Morgan fingerprint density at radius 2 is 2.06 bits per heavy atom. The molecule has 0 aliphatic heterocycles. The Bertz CT molecular complexity index is 508. The number of nitrogens with zero attached hydrogens (tertiary/aromatic N) is 3. The van der Waals surface area contributed by atoms with Gasteiger partial charge in [-0.3, -0.25) is 4.79 Å². The van der Waals surface area contributed by atoms with Crippen LogP contribution in [0.3, 0.4) is 0 Å². The summed E-state index contributed by atoms with van der Waals surface area (Å²) in [7, 11) is 1.84. The number of carbonyl (C=O) groups excluding carboxylic acids is 1. The summed E-state index contributed by atoms with van der Waals surface area (Å²) in [5.41, 5.74) is 0.644. The van der Waals surface area contributed by atoms with Gasteiger partial charge in [-0.25, -0.2) is 9.97 Å². The number of anilines is 1. The van der Waals surface area contributed by atoms with Crippen molar-refractivity contribution in [3.8, 4) is 0 Å². The molecule has 0 aliphatic carbocycles. The smallest absolute Gasteiger partial charge is 0.267 e. The number of nitrogens with one attached hydrogen (secondary N) is 2. The summed E-state index contributed by atoms with van der Waals surface area (Å²) >= 11 is 0. The molecule has 6 nitrogen and oxygen atoms in total. The van der Waals surface area contributed by atoms with Gasteiger partial charge in [0.25, 0.3) is 5.91 Å². The molecule has 2 aromatic rings. The van der Waals surface area contributed by atoms with E-state index in [9.17, 15) is 4.79 Å². The molecule has 0 saturated heterocycles. The summed E-state index contributed by atoms with van der Waals surface area (Å²) in [4.78, 5) is 19.8. The van der Waals surface area contributed by atoms with Gasteiger partial charge in [-0.05, 0) is 18.2 Å². The third kappa shape index (κ3) is 3.07. The van der Waals surface area contributed by atoms with Crippen molar-refractivity contribution in [3.63, 3.8) is 0 Å². The fourth-order valence-electron chi connectivity index (χ4n) is 1.53. The monoisotopic (exact) mass is 245 g/mol. The molecule has 18 heavy (non-hydrogen) atoms. The molecule has 2 heterocycles. The molecule has 2 N–H and O–H groups in total. The molecular weight excluding hydrogens is 230 g/mol. The van der Waals surface area contributed by atoms with E-state index in [1.165, 1.54) is 0 Å². The average molecular weight is 245 g/mol. The summed E-state index contributed by atoms with van der Waals surface area (Å²) < 4.78 is 1.78. The zero-order valence-corrected chi connectivity index (χ0v) is 10.1. The Morgan fingerprint density at radius 1 is 1.28 bits per heavy atom. The molecule has 0 bridgehead atoms. The van der Waals surface area contributed by atoms with Gasteiger partial charge in [0.2, 0.25) is 5.95 Å². The first-order valence-corrected chi connectivity index (χ1v) is 5.68. The molecule has 0 atom stereocenters. The maximum Gasteiger partial charge on any atom is 0.267 e. The van der Waals surface area contributed by atoms with Gasteiger partial charge in [-0.2, -0.15) is 0 Å². The molecule has 0 radical (unpaired) electrons. The fourth-order valence-corrected chi connectivity index (χ4v) is 1.53. The van der Waals surface area contributed by atoms with E-state index in [2.05, 4.69) is 20.6 Å². The Balaban J connectivity index is 1.73. The van der Waals surface area contributed by atoms with Gasteiger partial charge in [-0.1, -0.05) is 0 Å². The first-order valence-electron chi connectivity index (χ1n) is 5.68. The molecule has 0 saturated carbocycles. The quantitative estimate of drug-likeness (QED) is 0.759. The molecule has 2 rings (SSSR count). The Morgan fingerprint density at radius 3 is 2.72 bits per heavy atom. The zero-order valence-electron chi connectivity index (χ0n) is 10.1. The van der Waals surface area contributed by atoms with E-state index in [-0.39, 0.29) is 5.91 Å². The topological polar surface area (TPSA) is 71.8 Å². The third-order valence-corrected chi connectivity index (χ3v) is 2.44. The van der Waals surface area contributed by atoms with Gasteiger partial charge in [0, 0.05) is 38.7 Å². The van der Waals surface area contributed by atoms with Crippen LogP contribution in [-0.2, 0) is 7.05 Å². The van der Waals surface area contributed by atoms with E-state index in [1.54, 1.807) is 29.1 Å². The van der Waals surface area contributed by atoms with Gasteiger partial charge in [0.15, 0.2) is 0 Å². The highest BCUT2D eigenvalue weighted by molar-refractivity contribution is 5.92. The minimum absolute atomic E-state index is 0.0849. The SMILES string of the molecule is Cn1cccc1C(=O)NCCNc1ncccn1. The lowest BCUT2D eigenvalue weighted by molar-refractivity contribution is 0.0947. The molecular formula is C12H15N5O. The number of hydrogen-bond donors (Lipinski definition) is 2. The number of rotatable bonds is 5. The maximum atomic E-state index is 11.7. The zero-order chi connectivity index (χ0) is 12.8. The van der Waals surface area contributed by atoms with Crippen molar-refractivity contribution in [1.82, 2.24) is 19.9 Å². The van der Waals surface area contributed by atoms with Crippen molar-refractivity contribution in [2.24, 2.45) is 7.05 Å². The van der Waals surface area contributed by atoms with Crippen LogP contribution in [0.1, 0.15) is 10.5 Å². The Labute approximate surface area is 105 Å². The van der Waals surface area contributed by atoms with Crippen molar-refractivity contribution < 1.29 is 4.79 Å². The lowest BCUT2D eigenvalue weighted by atomic mass is 10.4. The van der Waals surface area contributed by atoms with E-state index in [4.69, 9.17) is 0 Å². The van der Waals surface area contributed by atoms with Crippen LogP contribution < -0.4 is 10.6 Å². The third-order valence-electron chi connectivity index (χ3n) is 2.44. The second-order valence-electron chi connectivity index (χ2n) is 3.76. The van der Waals surface area contributed by atoms with E-state index in [1.807, 2.05) is 19.3 Å². The summed E-state index contributed by atoms with van der Waals surface area (Å²) in [6.45, 7) is 1.10. The molecule has 0 spiro atoms. The van der Waals surface area contributed by atoms with E-state index < -0.39 is 0 Å². The van der Waals surface area contributed by atoms with Crippen molar-refractivity contribution in [2.45, 2.75) is 0 Å². The highest BCUT2D eigenvalue weighted by Gasteiger charge is 2.07. The maximum absolute atomic E-state index is 11.7. The van der Waals surface area contributed by atoms with Crippen LogP contribution in [0.2, 0.25) is 0 Å². The summed E-state index contributed by atoms with van der Waals surface area (Å²) in [5, 5.41) is 5.83. The molecule has 2 aromatic heterocycles. The van der Waals surface area contributed by atoms with Gasteiger partial charge >= 0.3 is 0 Å². The average Bonchev–Trinajstić information content (AvgIpc) is 2.82. The van der Waals surface area contributed by atoms with Gasteiger partial charge < -0.3 is 15.2 Å². The minimum Gasteiger partial charge on any atom is -0.352 e. The van der Waals surface area contributed by atoms with Crippen molar-refractivity contribution in [1.29, 1.82) is 0 Å². The van der Waals surface area contributed by atoms with Crippen LogP contribution >= 0.6 is 0 Å². The molecule has 0 fully saturated rings. The normalized spacial score (nSPS) is 10.1. The lowest BCUT2D eigenvalue weighted by Gasteiger charge is -2.07. The van der Waals surface area contributed by atoms with E-state index >= 15 is 0 Å². The molecule has 0 aliphatic rings. The molecule has 0 aromatic carbocycles. The lowest BCUT2D eigenvalue weighted by Crippen LogP contribution is -2.30. The highest BCUT2D eigenvalue weighted by atomic mass is 16.1. The largest absolute Gasteiger partial charge is 0.352 e. The van der Waals surface area contributed by atoms with Crippen molar-refractivity contribution in [3.05, 3.63) is 42.5 Å². The minimum atomic E-state index is -0.0849. The Hall–Kier alpha value is -2.37. The second kappa shape index (κ2) is 5.81. The molecule has 0 unspecified atom stereocenters. The molecule has 6 heteroatoms. The predicted molar refractivity (Wildman–Crippen MR) is 68.3 cm³/mol. The fraction of sp³-hybridized carbons (Fsp3) is 0.250. The second-order valence-corrected chi connectivity index (χ2v) is 3.76. The number of amides is 1. The van der Waals surface area contributed by atoms with E-state index in [0.29, 0.717) is 24.7 Å². The van der Waals surface area contributed by atoms with Crippen LogP contribution in [0, 0.1) is 0 Å². The molecule has 1 amide bonds. The number of aryl methyl sites for hydroxylation is 1. The van der Waals surface area contributed by atoms with Gasteiger partial charge in [0.1, 0.15) is 5.69 Å². The Kier molecular flexibility index (Phi) is 3.90. The number of hydrogen-bond acceptors (Lipinski definition) is 4. The number of carbonyl (C=O) groups is 1. The van der Waals surface area contributed by atoms with Crippen molar-refractivity contribution >= 4 is 11.9 Å². The summed E-state index contributed by atoms with van der Waals surface area (Å²) in [5.74, 6) is 0.476. The predicted octanol–water partition coefficient (Wildman–Crippen LogP) is 0.657. The standard InChI is InChI=1S/C12H15N5O/c1-17-9-2-4-10(17)11(18)13-7-8-16-12-14-5-3-6-15-12/h2-6,9H,7-8H2,1H3,(H,13,18)(H,14,15,16). The van der Waals surface area contributed by atoms with Crippen LogP contribution in [0.25, 0.3) is 0 Å². The summed E-state index contributed by atoms with van der Waals surface area (Å²) in [6.07, 6.45) is 5.17.